The first-order valence-electron chi connectivity index (χ1n) is 7.54. The maximum atomic E-state index is 12.3. The number of hydrogen-bond donors (Lipinski definition) is 3. The summed E-state index contributed by atoms with van der Waals surface area (Å²) in [5.41, 5.74) is 0.379. The Morgan fingerprint density at radius 2 is 2.36 bits per heavy atom. The van der Waals surface area contributed by atoms with E-state index in [9.17, 15) is 15.0 Å². The Balaban J connectivity index is 1.72. The van der Waals surface area contributed by atoms with Crippen molar-refractivity contribution in [1.82, 2.24) is 19.9 Å². The molecule has 0 radical (unpaired) electrons. The quantitative estimate of drug-likeness (QED) is 0.714. The lowest BCUT2D eigenvalue weighted by Gasteiger charge is -2.30. The molecule has 1 saturated heterocycles. The molecule has 1 unspecified atom stereocenters. The molecule has 22 heavy (non-hydrogen) atoms. The maximum Gasteiger partial charge on any atom is 0.262 e. The molecule has 3 atom stereocenters. The average molecular weight is 304 g/mol. The van der Waals surface area contributed by atoms with Gasteiger partial charge in [-0.15, -0.1) is 0 Å². The summed E-state index contributed by atoms with van der Waals surface area (Å²) in [6, 6.07) is 1.55. The van der Waals surface area contributed by atoms with E-state index in [4.69, 9.17) is 0 Å². The summed E-state index contributed by atoms with van der Waals surface area (Å²) < 4.78 is 1.39. The molecular formula is C15H20N4O3. The number of nitrogens with one attached hydrogen (secondary N) is 1. The van der Waals surface area contributed by atoms with Crippen LogP contribution in [-0.2, 0) is 6.54 Å². The smallest absolute Gasteiger partial charge is 0.262 e. The van der Waals surface area contributed by atoms with Crippen molar-refractivity contribution in [3.05, 3.63) is 35.1 Å². The first-order valence-corrected chi connectivity index (χ1v) is 7.54. The van der Waals surface area contributed by atoms with E-state index in [0.717, 1.165) is 19.4 Å². The van der Waals surface area contributed by atoms with Gasteiger partial charge in [0.15, 0.2) is 0 Å². The topological polar surface area (TPSA) is 100 Å². The lowest BCUT2D eigenvalue weighted by atomic mass is 9.96. The van der Waals surface area contributed by atoms with Gasteiger partial charge in [0.25, 0.3) is 5.56 Å². The molecule has 0 bridgehead atoms. The highest BCUT2D eigenvalue weighted by Gasteiger charge is 2.25. The van der Waals surface area contributed by atoms with E-state index < -0.39 is 12.2 Å². The third-order valence-electron chi connectivity index (χ3n) is 4.11. The van der Waals surface area contributed by atoms with Crippen LogP contribution in [0.1, 0.15) is 19.3 Å². The van der Waals surface area contributed by atoms with E-state index in [1.54, 1.807) is 12.3 Å². The highest BCUT2D eigenvalue weighted by molar-refractivity contribution is 5.75. The van der Waals surface area contributed by atoms with Gasteiger partial charge >= 0.3 is 0 Å². The zero-order chi connectivity index (χ0) is 15.5. The second kappa shape index (κ2) is 6.51. The minimum absolute atomic E-state index is 0.130. The van der Waals surface area contributed by atoms with Crippen molar-refractivity contribution in [3.63, 3.8) is 0 Å². The van der Waals surface area contributed by atoms with Crippen molar-refractivity contribution in [2.75, 3.05) is 6.54 Å². The highest BCUT2D eigenvalue weighted by atomic mass is 16.3. The number of aromatic nitrogens is 3. The van der Waals surface area contributed by atoms with Crippen LogP contribution in [0.5, 0.6) is 0 Å². The van der Waals surface area contributed by atoms with Crippen LogP contribution in [0.25, 0.3) is 10.9 Å². The van der Waals surface area contributed by atoms with E-state index in [1.165, 1.54) is 17.1 Å². The van der Waals surface area contributed by atoms with Crippen LogP contribution in [0.15, 0.2) is 29.6 Å². The largest absolute Gasteiger partial charge is 0.392 e. The van der Waals surface area contributed by atoms with Gasteiger partial charge in [-0.25, -0.2) is 4.98 Å². The minimum Gasteiger partial charge on any atom is -0.392 e. The third kappa shape index (κ3) is 3.16. The molecule has 0 aromatic carbocycles. The van der Waals surface area contributed by atoms with Crippen LogP contribution in [0.3, 0.4) is 0 Å². The van der Waals surface area contributed by atoms with Gasteiger partial charge in [-0.1, -0.05) is 0 Å². The van der Waals surface area contributed by atoms with E-state index in [1.807, 2.05) is 0 Å². The number of fused-ring (bicyclic) bond motifs is 1. The number of pyridine rings is 1. The van der Waals surface area contributed by atoms with Gasteiger partial charge in [0.05, 0.1) is 36.0 Å². The molecule has 7 heteroatoms. The summed E-state index contributed by atoms with van der Waals surface area (Å²) in [5, 5.41) is 23.8. The molecule has 0 amide bonds. The number of nitrogens with zero attached hydrogens (tertiary/aromatic N) is 3. The third-order valence-corrected chi connectivity index (χ3v) is 4.11. The predicted octanol–water partition coefficient (Wildman–Crippen LogP) is -0.345. The summed E-state index contributed by atoms with van der Waals surface area (Å²) in [6.07, 6.45) is 5.43. The Labute approximate surface area is 127 Å². The minimum atomic E-state index is -0.723. The monoisotopic (exact) mass is 304 g/mol. The molecular weight excluding hydrogens is 284 g/mol. The molecule has 7 nitrogen and oxygen atoms in total. The predicted molar refractivity (Wildman–Crippen MR) is 81.5 cm³/mol. The van der Waals surface area contributed by atoms with Crippen LogP contribution in [-0.4, -0.2) is 49.5 Å². The zero-order valence-electron chi connectivity index (χ0n) is 12.2. The summed E-state index contributed by atoms with van der Waals surface area (Å²) in [6.45, 7) is 0.999. The van der Waals surface area contributed by atoms with Gasteiger partial charge in [-0.3, -0.25) is 14.3 Å². The normalized spacial score (nSPS) is 23.5. The Morgan fingerprint density at radius 1 is 1.50 bits per heavy atom. The molecule has 1 fully saturated rings. The van der Waals surface area contributed by atoms with Crippen molar-refractivity contribution in [3.8, 4) is 0 Å². The van der Waals surface area contributed by atoms with Gasteiger partial charge in [0.1, 0.15) is 0 Å². The number of aliphatic hydroxyl groups is 2. The van der Waals surface area contributed by atoms with Gasteiger partial charge < -0.3 is 15.5 Å². The van der Waals surface area contributed by atoms with Crippen LogP contribution in [0.4, 0.5) is 0 Å². The number of hydrogen-bond acceptors (Lipinski definition) is 6. The fraction of sp³-hybridized carbons (Fsp3) is 0.533. The highest BCUT2D eigenvalue weighted by Crippen LogP contribution is 2.14. The molecule has 3 rings (SSSR count). The lowest BCUT2D eigenvalue weighted by molar-refractivity contribution is 0.0539. The average Bonchev–Trinajstić information content (AvgIpc) is 2.53. The summed E-state index contributed by atoms with van der Waals surface area (Å²) in [5.74, 6) is 0. The molecule has 0 aliphatic carbocycles. The number of aliphatic hydroxyl groups excluding tert-OH is 2. The Morgan fingerprint density at radius 3 is 3.18 bits per heavy atom. The van der Waals surface area contributed by atoms with E-state index >= 15 is 0 Å². The van der Waals surface area contributed by atoms with Crippen LogP contribution < -0.4 is 10.9 Å². The summed E-state index contributed by atoms with van der Waals surface area (Å²) in [4.78, 5) is 20.5. The standard InChI is InChI=1S/C15H20N4O3/c20-10(6-13-14(21)2-1-4-17-13)8-19-9-18-12-3-5-16-7-11(12)15(19)22/h3,5,7,9-10,13-14,17,20-21H,1-2,4,6,8H2/t10?,13-,14+/m1/s1. The summed E-state index contributed by atoms with van der Waals surface area (Å²) in [7, 11) is 0. The molecule has 1 aliphatic rings. The van der Waals surface area contributed by atoms with E-state index in [2.05, 4.69) is 15.3 Å². The summed E-state index contributed by atoms with van der Waals surface area (Å²) >= 11 is 0. The van der Waals surface area contributed by atoms with Crippen molar-refractivity contribution < 1.29 is 10.2 Å². The van der Waals surface area contributed by atoms with Crippen molar-refractivity contribution in [2.24, 2.45) is 0 Å². The Bertz CT molecular complexity index is 702. The van der Waals surface area contributed by atoms with E-state index in [0.29, 0.717) is 17.3 Å². The Kier molecular flexibility index (Phi) is 4.47. The van der Waals surface area contributed by atoms with Crippen molar-refractivity contribution in [2.45, 2.75) is 44.1 Å². The molecule has 3 N–H and O–H groups in total. The second-order valence-corrected chi connectivity index (χ2v) is 5.75. The zero-order valence-corrected chi connectivity index (χ0v) is 12.2. The molecule has 1 aliphatic heterocycles. The first kappa shape index (κ1) is 15.1. The van der Waals surface area contributed by atoms with Gasteiger partial charge in [-0.05, 0) is 31.9 Å². The van der Waals surface area contributed by atoms with E-state index in [-0.39, 0.29) is 18.1 Å². The molecule has 0 saturated carbocycles. The second-order valence-electron chi connectivity index (χ2n) is 5.75. The van der Waals surface area contributed by atoms with Crippen LogP contribution >= 0.6 is 0 Å². The fourth-order valence-electron chi connectivity index (χ4n) is 2.90. The maximum absolute atomic E-state index is 12.3. The number of piperidine rings is 1. The van der Waals surface area contributed by atoms with Gasteiger partial charge in [-0.2, -0.15) is 0 Å². The molecule has 3 heterocycles. The SMILES string of the molecule is O=c1c2cnccc2ncn1CC(O)C[C@H]1NCCC[C@@H]1O. The van der Waals surface area contributed by atoms with Gasteiger partial charge in [0, 0.05) is 18.4 Å². The Hall–Kier alpha value is -1.83. The lowest BCUT2D eigenvalue weighted by Crippen LogP contribution is -2.47. The molecule has 0 spiro atoms. The molecule has 2 aromatic rings. The molecule has 118 valence electrons. The van der Waals surface area contributed by atoms with Crippen molar-refractivity contribution in [1.29, 1.82) is 0 Å². The fourth-order valence-corrected chi connectivity index (χ4v) is 2.90. The number of rotatable bonds is 4. The van der Waals surface area contributed by atoms with Crippen LogP contribution in [0.2, 0.25) is 0 Å². The van der Waals surface area contributed by atoms with Gasteiger partial charge in [0.2, 0.25) is 0 Å². The molecule has 2 aromatic heterocycles. The van der Waals surface area contributed by atoms with Crippen molar-refractivity contribution >= 4 is 10.9 Å². The first-order chi connectivity index (χ1) is 10.6. The van der Waals surface area contributed by atoms with Crippen LogP contribution in [0, 0.1) is 0 Å².